The van der Waals surface area contributed by atoms with Crippen LogP contribution in [0.5, 0.6) is 0 Å². The third kappa shape index (κ3) is 5.26. The van der Waals surface area contributed by atoms with E-state index in [0.717, 1.165) is 40.0 Å². The minimum atomic E-state index is -0.972. The molecule has 1 aliphatic carbocycles. The highest BCUT2D eigenvalue weighted by Gasteiger charge is 2.29. The van der Waals surface area contributed by atoms with E-state index in [1.807, 2.05) is 43.3 Å². The third-order valence-corrected chi connectivity index (χ3v) is 6.59. The fraction of sp³-hybridized carbons (Fsp3) is 0.280. The number of carbonyl (C=O) groups excluding carboxylic acids is 2. The number of anilines is 1. The SMILES string of the molecule is CCC[C@@H](CC(=O)O)NC(=O)c1cnc(NC(=O)OCC2c3ccccc3-c3ccccc32)s1. The molecule has 4 rings (SSSR count). The summed E-state index contributed by atoms with van der Waals surface area (Å²) in [6.45, 7) is 2.09. The zero-order valence-electron chi connectivity index (χ0n) is 18.6. The van der Waals surface area contributed by atoms with E-state index in [4.69, 9.17) is 9.84 Å². The monoisotopic (exact) mass is 479 g/mol. The number of benzene rings is 2. The van der Waals surface area contributed by atoms with E-state index >= 15 is 0 Å². The molecule has 0 unspecified atom stereocenters. The average Bonchev–Trinajstić information content (AvgIpc) is 3.40. The minimum absolute atomic E-state index is 0.0551. The number of ether oxygens (including phenoxy) is 1. The third-order valence-electron chi connectivity index (χ3n) is 5.68. The van der Waals surface area contributed by atoms with Crippen LogP contribution in [0.15, 0.2) is 54.7 Å². The van der Waals surface area contributed by atoms with Crippen molar-refractivity contribution in [1.29, 1.82) is 0 Å². The van der Waals surface area contributed by atoms with Gasteiger partial charge in [-0.05, 0) is 28.7 Å². The number of hydrogen-bond donors (Lipinski definition) is 3. The number of aliphatic carboxylic acids is 1. The van der Waals surface area contributed by atoms with Gasteiger partial charge in [0.05, 0.1) is 12.6 Å². The van der Waals surface area contributed by atoms with Gasteiger partial charge in [0, 0.05) is 12.0 Å². The minimum Gasteiger partial charge on any atom is -0.481 e. The molecular weight excluding hydrogens is 454 g/mol. The second-order valence-electron chi connectivity index (χ2n) is 8.04. The molecule has 0 radical (unpaired) electrons. The highest BCUT2D eigenvalue weighted by atomic mass is 32.1. The lowest BCUT2D eigenvalue weighted by molar-refractivity contribution is -0.137. The molecule has 9 heteroatoms. The number of aromatic nitrogens is 1. The molecule has 176 valence electrons. The molecule has 1 atom stereocenters. The summed E-state index contributed by atoms with van der Waals surface area (Å²) in [4.78, 5) is 40.2. The van der Waals surface area contributed by atoms with Gasteiger partial charge in [-0.3, -0.25) is 14.9 Å². The maximum absolute atomic E-state index is 12.5. The van der Waals surface area contributed by atoms with E-state index in [-0.39, 0.29) is 29.0 Å². The number of fused-ring (bicyclic) bond motifs is 3. The van der Waals surface area contributed by atoms with Crippen molar-refractivity contribution in [2.45, 2.75) is 38.1 Å². The van der Waals surface area contributed by atoms with Crippen LogP contribution in [0.3, 0.4) is 0 Å². The van der Waals surface area contributed by atoms with Crippen LogP contribution < -0.4 is 10.6 Å². The van der Waals surface area contributed by atoms with Crippen LogP contribution in [-0.2, 0) is 9.53 Å². The number of carbonyl (C=O) groups is 3. The van der Waals surface area contributed by atoms with Gasteiger partial charge in [0.25, 0.3) is 5.91 Å². The summed E-state index contributed by atoms with van der Waals surface area (Å²) < 4.78 is 5.50. The zero-order chi connectivity index (χ0) is 24.1. The summed E-state index contributed by atoms with van der Waals surface area (Å²) in [5, 5.41) is 14.5. The lowest BCUT2D eigenvalue weighted by Crippen LogP contribution is -2.36. The van der Waals surface area contributed by atoms with E-state index in [0.29, 0.717) is 6.42 Å². The lowest BCUT2D eigenvalue weighted by atomic mass is 9.98. The Morgan fingerprint density at radius 3 is 2.35 bits per heavy atom. The van der Waals surface area contributed by atoms with Gasteiger partial charge in [0.2, 0.25) is 0 Å². The van der Waals surface area contributed by atoms with Crippen LogP contribution in [0, 0.1) is 0 Å². The van der Waals surface area contributed by atoms with Crippen molar-refractivity contribution >= 4 is 34.4 Å². The number of nitrogens with one attached hydrogen (secondary N) is 2. The maximum Gasteiger partial charge on any atom is 0.413 e. The predicted octanol–water partition coefficient (Wildman–Crippen LogP) is 4.88. The van der Waals surface area contributed by atoms with Gasteiger partial charge in [-0.2, -0.15) is 0 Å². The van der Waals surface area contributed by atoms with Crippen LogP contribution in [-0.4, -0.2) is 40.7 Å². The van der Waals surface area contributed by atoms with Crippen molar-refractivity contribution in [2.75, 3.05) is 11.9 Å². The summed E-state index contributed by atoms with van der Waals surface area (Å²) in [6, 6.07) is 15.7. The summed E-state index contributed by atoms with van der Waals surface area (Å²) >= 11 is 1.00. The standard InChI is InChI=1S/C25H25N3O5S/c1-2-7-15(12-22(29)30)27-23(31)21-13-26-24(34-21)28-25(32)33-14-20-18-10-5-3-8-16(18)17-9-4-6-11-19(17)20/h3-6,8-11,13,15,20H,2,7,12,14H2,1H3,(H,27,31)(H,29,30)(H,26,28,32)/t15-/m0/s1. The molecule has 1 aliphatic rings. The van der Waals surface area contributed by atoms with Crippen molar-refractivity contribution in [1.82, 2.24) is 10.3 Å². The Morgan fingerprint density at radius 1 is 1.09 bits per heavy atom. The first-order valence-corrected chi connectivity index (χ1v) is 11.9. The van der Waals surface area contributed by atoms with E-state index in [9.17, 15) is 14.4 Å². The van der Waals surface area contributed by atoms with E-state index < -0.39 is 24.0 Å². The Morgan fingerprint density at radius 2 is 1.74 bits per heavy atom. The maximum atomic E-state index is 12.5. The molecule has 0 saturated carbocycles. The number of rotatable bonds is 9. The van der Waals surface area contributed by atoms with Gasteiger partial charge in [-0.1, -0.05) is 73.2 Å². The smallest absolute Gasteiger partial charge is 0.413 e. The van der Waals surface area contributed by atoms with Crippen LogP contribution in [0.1, 0.15) is 52.9 Å². The van der Waals surface area contributed by atoms with Gasteiger partial charge in [-0.25, -0.2) is 9.78 Å². The fourth-order valence-corrected chi connectivity index (χ4v) is 4.90. The number of thiazole rings is 1. The first-order chi connectivity index (χ1) is 16.5. The van der Waals surface area contributed by atoms with E-state index in [1.165, 1.54) is 6.20 Å². The second kappa shape index (κ2) is 10.5. The second-order valence-corrected chi connectivity index (χ2v) is 9.07. The van der Waals surface area contributed by atoms with Crippen molar-refractivity contribution in [3.63, 3.8) is 0 Å². The summed E-state index contributed by atoms with van der Waals surface area (Å²) in [5.41, 5.74) is 4.53. The van der Waals surface area contributed by atoms with Gasteiger partial charge in [0.15, 0.2) is 5.13 Å². The molecule has 0 spiro atoms. The first-order valence-electron chi connectivity index (χ1n) is 11.1. The van der Waals surface area contributed by atoms with Crippen molar-refractivity contribution in [3.8, 4) is 11.1 Å². The van der Waals surface area contributed by atoms with E-state index in [2.05, 4.69) is 27.8 Å². The Balaban J connectivity index is 1.35. The summed E-state index contributed by atoms with van der Waals surface area (Å²) in [7, 11) is 0. The number of carboxylic acids is 1. The Hall–Kier alpha value is -3.72. The summed E-state index contributed by atoms with van der Waals surface area (Å²) in [5.74, 6) is -1.45. The molecule has 1 heterocycles. The average molecular weight is 480 g/mol. The topological polar surface area (TPSA) is 118 Å². The summed E-state index contributed by atoms with van der Waals surface area (Å²) in [6.07, 6.45) is 1.85. The van der Waals surface area contributed by atoms with Gasteiger partial charge >= 0.3 is 12.1 Å². The van der Waals surface area contributed by atoms with Crippen LogP contribution in [0.2, 0.25) is 0 Å². The molecule has 0 saturated heterocycles. The number of nitrogens with zero attached hydrogens (tertiary/aromatic N) is 1. The largest absolute Gasteiger partial charge is 0.481 e. The van der Waals surface area contributed by atoms with Crippen molar-refractivity contribution in [3.05, 3.63) is 70.7 Å². The van der Waals surface area contributed by atoms with E-state index in [1.54, 1.807) is 0 Å². The highest BCUT2D eigenvalue weighted by Crippen LogP contribution is 2.44. The van der Waals surface area contributed by atoms with Crippen LogP contribution in [0.4, 0.5) is 9.93 Å². The predicted molar refractivity (Wildman–Crippen MR) is 129 cm³/mol. The fourth-order valence-electron chi connectivity index (χ4n) is 4.20. The molecule has 3 N–H and O–H groups in total. The molecule has 2 aromatic carbocycles. The molecule has 0 bridgehead atoms. The Labute approximate surface area is 201 Å². The van der Waals surface area contributed by atoms with Gasteiger partial charge in [0.1, 0.15) is 11.5 Å². The number of hydrogen-bond acceptors (Lipinski definition) is 6. The van der Waals surface area contributed by atoms with Gasteiger partial charge in [-0.15, -0.1) is 0 Å². The molecule has 34 heavy (non-hydrogen) atoms. The zero-order valence-corrected chi connectivity index (χ0v) is 19.4. The molecular formula is C25H25N3O5S. The first kappa shape index (κ1) is 23.4. The molecule has 0 aliphatic heterocycles. The Kier molecular flexibility index (Phi) is 7.22. The van der Waals surface area contributed by atoms with Crippen molar-refractivity contribution in [2.24, 2.45) is 0 Å². The molecule has 0 fully saturated rings. The lowest BCUT2D eigenvalue weighted by Gasteiger charge is -2.15. The van der Waals surface area contributed by atoms with Crippen LogP contribution >= 0.6 is 11.3 Å². The number of carboxylic acid groups (broad SMARTS) is 1. The highest BCUT2D eigenvalue weighted by molar-refractivity contribution is 7.17. The Bertz CT molecular complexity index is 1160. The molecule has 2 amide bonds. The van der Waals surface area contributed by atoms with Gasteiger partial charge < -0.3 is 15.2 Å². The molecule has 3 aromatic rings. The van der Waals surface area contributed by atoms with Crippen LogP contribution in [0.25, 0.3) is 11.1 Å². The molecule has 1 aromatic heterocycles. The molecule has 8 nitrogen and oxygen atoms in total. The van der Waals surface area contributed by atoms with Crippen molar-refractivity contribution < 1.29 is 24.2 Å². The quantitative estimate of drug-likeness (QED) is 0.403. The number of amides is 2. The normalized spacial score (nSPS) is 13.0.